The molecule has 0 radical (unpaired) electrons. The van der Waals surface area contributed by atoms with Crippen LogP contribution in [-0.4, -0.2) is 25.6 Å². The van der Waals surface area contributed by atoms with Gasteiger partial charge in [-0.2, -0.15) is 0 Å². The highest BCUT2D eigenvalue weighted by Crippen LogP contribution is 2.30. The van der Waals surface area contributed by atoms with Crippen LogP contribution in [0.15, 0.2) is 53.2 Å². The number of esters is 1. The molecule has 1 aliphatic rings. The van der Waals surface area contributed by atoms with E-state index in [-0.39, 0.29) is 11.1 Å². The highest BCUT2D eigenvalue weighted by atomic mass is 16.6. The van der Waals surface area contributed by atoms with E-state index in [4.69, 9.17) is 14.2 Å². The van der Waals surface area contributed by atoms with Gasteiger partial charge >= 0.3 is 5.97 Å². The van der Waals surface area contributed by atoms with Crippen LogP contribution in [0.1, 0.15) is 57.2 Å². The van der Waals surface area contributed by atoms with E-state index in [9.17, 15) is 4.79 Å². The second-order valence-electron chi connectivity index (χ2n) is 8.28. The lowest BCUT2D eigenvalue weighted by molar-refractivity contribution is -0.129. The van der Waals surface area contributed by atoms with Gasteiger partial charge in [0.1, 0.15) is 0 Å². The molecule has 2 aromatic carbocycles. The molecule has 0 N–H and O–H groups in total. The maximum absolute atomic E-state index is 12.3. The van der Waals surface area contributed by atoms with Gasteiger partial charge in [0.05, 0.1) is 13.7 Å². The third kappa shape index (κ3) is 5.09. The molecule has 1 heterocycles. The molecule has 5 heteroatoms. The van der Waals surface area contributed by atoms with Crippen LogP contribution in [0.5, 0.6) is 11.5 Å². The van der Waals surface area contributed by atoms with Gasteiger partial charge in [-0.15, -0.1) is 0 Å². The van der Waals surface area contributed by atoms with Crippen molar-refractivity contribution in [2.45, 2.75) is 46.0 Å². The number of unbranched alkanes of at least 4 members (excludes halogenated alkanes) is 1. The maximum Gasteiger partial charge on any atom is 0.363 e. The third-order valence-corrected chi connectivity index (χ3v) is 4.86. The topological polar surface area (TPSA) is 57.1 Å². The average molecular weight is 408 g/mol. The first-order valence-corrected chi connectivity index (χ1v) is 10.3. The van der Waals surface area contributed by atoms with Crippen LogP contribution in [0.2, 0.25) is 0 Å². The summed E-state index contributed by atoms with van der Waals surface area (Å²) in [6.07, 6.45) is 3.74. The summed E-state index contributed by atoms with van der Waals surface area (Å²) in [4.78, 5) is 16.7. The van der Waals surface area contributed by atoms with E-state index in [0.29, 0.717) is 24.0 Å². The number of nitrogens with zero attached hydrogens (tertiary/aromatic N) is 1. The van der Waals surface area contributed by atoms with Crippen LogP contribution in [0.3, 0.4) is 0 Å². The number of rotatable bonds is 7. The van der Waals surface area contributed by atoms with E-state index in [2.05, 4.69) is 32.7 Å². The van der Waals surface area contributed by atoms with E-state index in [1.165, 1.54) is 5.56 Å². The summed E-state index contributed by atoms with van der Waals surface area (Å²) in [5, 5.41) is 0. The zero-order chi connectivity index (χ0) is 21.7. The first kappa shape index (κ1) is 21.6. The van der Waals surface area contributed by atoms with E-state index in [0.717, 1.165) is 24.0 Å². The lowest BCUT2D eigenvalue weighted by Gasteiger charge is -2.18. The number of hydrogen-bond donors (Lipinski definition) is 0. The van der Waals surface area contributed by atoms with Gasteiger partial charge < -0.3 is 14.2 Å². The van der Waals surface area contributed by atoms with Crippen molar-refractivity contribution in [2.75, 3.05) is 13.7 Å². The van der Waals surface area contributed by atoms with Crippen molar-refractivity contribution in [3.05, 3.63) is 64.9 Å². The van der Waals surface area contributed by atoms with Crippen molar-refractivity contribution in [3.8, 4) is 11.5 Å². The first-order valence-electron chi connectivity index (χ1n) is 10.3. The molecule has 30 heavy (non-hydrogen) atoms. The Kier molecular flexibility index (Phi) is 6.60. The molecule has 0 aliphatic carbocycles. The van der Waals surface area contributed by atoms with Gasteiger partial charge in [0.25, 0.3) is 0 Å². The lowest BCUT2D eigenvalue weighted by Crippen LogP contribution is -2.11. The molecule has 0 atom stereocenters. The smallest absolute Gasteiger partial charge is 0.363 e. The summed E-state index contributed by atoms with van der Waals surface area (Å²) in [7, 11) is 1.60. The normalized spacial score (nSPS) is 15.2. The largest absolute Gasteiger partial charge is 0.493 e. The van der Waals surface area contributed by atoms with Crippen molar-refractivity contribution in [1.82, 2.24) is 0 Å². The second kappa shape index (κ2) is 9.16. The number of carbonyl (C=O) groups excluding carboxylic acids is 1. The summed E-state index contributed by atoms with van der Waals surface area (Å²) >= 11 is 0. The van der Waals surface area contributed by atoms with Gasteiger partial charge in [0.2, 0.25) is 5.90 Å². The molecule has 5 nitrogen and oxygen atoms in total. The van der Waals surface area contributed by atoms with Crippen molar-refractivity contribution in [1.29, 1.82) is 0 Å². The molecule has 0 spiro atoms. The maximum atomic E-state index is 12.3. The van der Waals surface area contributed by atoms with Gasteiger partial charge in [0.15, 0.2) is 17.2 Å². The number of ether oxygens (including phenoxy) is 3. The van der Waals surface area contributed by atoms with Crippen LogP contribution < -0.4 is 9.47 Å². The zero-order valence-electron chi connectivity index (χ0n) is 18.3. The minimum Gasteiger partial charge on any atom is -0.493 e. The van der Waals surface area contributed by atoms with Gasteiger partial charge in [-0.1, -0.05) is 52.3 Å². The van der Waals surface area contributed by atoms with Crippen LogP contribution in [0.25, 0.3) is 6.08 Å². The molecule has 1 aliphatic heterocycles. The fourth-order valence-corrected chi connectivity index (χ4v) is 3.02. The molecule has 0 bridgehead atoms. The van der Waals surface area contributed by atoms with Crippen molar-refractivity contribution in [2.24, 2.45) is 4.99 Å². The number of hydrogen-bond acceptors (Lipinski definition) is 5. The average Bonchev–Trinajstić information content (AvgIpc) is 3.08. The van der Waals surface area contributed by atoms with Crippen LogP contribution in [-0.2, 0) is 14.9 Å². The molecular weight excluding hydrogens is 378 g/mol. The Balaban J connectivity index is 1.81. The molecule has 0 aromatic heterocycles. The van der Waals surface area contributed by atoms with Gasteiger partial charge in [-0.25, -0.2) is 9.79 Å². The Bertz CT molecular complexity index is 966. The molecule has 158 valence electrons. The minimum atomic E-state index is -0.466. The van der Waals surface area contributed by atoms with Crippen molar-refractivity contribution < 1.29 is 19.0 Å². The Morgan fingerprint density at radius 3 is 2.43 bits per heavy atom. The Morgan fingerprint density at radius 1 is 1.07 bits per heavy atom. The van der Waals surface area contributed by atoms with Crippen LogP contribution in [0.4, 0.5) is 0 Å². The number of carbonyl (C=O) groups is 1. The predicted molar refractivity (Wildman–Crippen MR) is 119 cm³/mol. The fraction of sp³-hybridized carbons (Fsp3) is 0.360. The van der Waals surface area contributed by atoms with Gasteiger partial charge in [-0.05, 0) is 53.3 Å². The van der Waals surface area contributed by atoms with Crippen LogP contribution in [0, 0.1) is 0 Å². The van der Waals surface area contributed by atoms with Crippen LogP contribution >= 0.6 is 0 Å². The Labute approximate surface area is 178 Å². The number of cyclic esters (lactones) is 1. The summed E-state index contributed by atoms with van der Waals surface area (Å²) in [5.74, 6) is 1.16. The summed E-state index contributed by atoms with van der Waals surface area (Å²) < 4.78 is 16.6. The standard InChI is InChI=1S/C25H29NO4/c1-6-7-14-29-21-13-8-17(16-22(21)28-5)15-20-24(27)30-23(26-20)18-9-11-19(12-10-18)25(2,3)4/h8-13,15-16H,6-7,14H2,1-5H3/b20-15-. The van der Waals surface area contributed by atoms with E-state index < -0.39 is 5.97 Å². The van der Waals surface area contributed by atoms with Gasteiger partial charge in [-0.3, -0.25) is 0 Å². The molecule has 0 saturated carbocycles. The molecule has 0 fully saturated rings. The van der Waals surface area contributed by atoms with Crippen molar-refractivity contribution in [3.63, 3.8) is 0 Å². The SMILES string of the molecule is CCCCOc1ccc(/C=C2\N=C(c3ccc(C(C)(C)C)cc3)OC2=O)cc1OC. The summed E-state index contributed by atoms with van der Waals surface area (Å²) in [6.45, 7) is 9.23. The van der Waals surface area contributed by atoms with Gasteiger partial charge in [0, 0.05) is 5.56 Å². The molecule has 0 saturated heterocycles. The lowest BCUT2D eigenvalue weighted by atomic mass is 9.87. The number of aliphatic imine (C=N–C) groups is 1. The summed E-state index contributed by atoms with van der Waals surface area (Å²) in [5.41, 5.74) is 3.09. The first-order chi connectivity index (χ1) is 14.3. The molecule has 0 amide bonds. The monoisotopic (exact) mass is 407 g/mol. The highest BCUT2D eigenvalue weighted by Gasteiger charge is 2.25. The predicted octanol–water partition coefficient (Wildman–Crippen LogP) is 5.52. The molecule has 3 rings (SSSR count). The Morgan fingerprint density at radius 2 is 1.80 bits per heavy atom. The third-order valence-electron chi connectivity index (χ3n) is 4.86. The van der Waals surface area contributed by atoms with Crippen molar-refractivity contribution >= 4 is 17.9 Å². The molecule has 2 aromatic rings. The Hall–Kier alpha value is -3.08. The minimum absolute atomic E-state index is 0.0588. The zero-order valence-corrected chi connectivity index (χ0v) is 18.3. The summed E-state index contributed by atoms with van der Waals surface area (Å²) in [6, 6.07) is 13.5. The van der Waals surface area contributed by atoms with E-state index in [1.807, 2.05) is 42.5 Å². The number of benzene rings is 2. The van der Waals surface area contributed by atoms with E-state index in [1.54, 1.807) is 13.2 Å². The fourth-order valence-electron chi connectivity index (χ4n) is 3.02. The number of methoxy groups -OCH3 is 1. The quantitative estimate of drug-likeness (QED) is 0.345. The highest BCUT2D eigenvalue weighted by molar-refractivity contribution is 6.12. The second-order valence-corrected chi connectivity index (χ2v) is 8.28. The molecular formula is C25H29NO4. The van der Waals surface area contributed by atoms with E-state index >= 15 is 0 Å². The molecule has 0 unspecified atom stereocenters.